The highest BCUT2D eigenvalue weighted by molar-refractivity contribution is 5.99. The summed E-state index contributed by atoms with van der Waals surface area (Å²) in [7, 11) is 0. The zero-order chi connectivity index (χ0) is 28.6. The molecule has 1 atom stereocenters. The van der Waals surface area contributed by atoms with Crippen molar-refractivity contribution < 1.29 is 14.7 Å². The summed E-state index contributed by atoms with van der Waals surface area (Å²) in [5.41, 5.74) is 5.47. The molecular weight excluding hydrogens is 502 g/mol. The maximum absolute atomic E-state index is 13.1. The van der Waals surface area contributed by atoms with Gasteiger partial charge in [-0.2, -0.15) is 5.26 Å². The van der Waals surface area contributed by atoms with Gasteiger partial charge < -0.3 is 20.6 Å². The lowest BCUT2D eigenvalue weighted by molar-refractivity contribution is -0.139. The van der Waals surface area contributed by atoms with E-state index in [-0.39, 0.29) is 6.42 Å². The van der Waals surface area contributed by atoms with E-state index in [0.29, 0.717) is 29.0 Å². The number of pyridine rings is 1. The first-order chi connectivity index (χ1) is 19.3. The van der Waals surface area contributed by atoms with Crippen LogP contribution in [0, 0.1) is 31.1 Å². The molecule has 0 bridgehead atoms. The van der Waals surface area contributed by atoms with Gasteiger partial charge in [-0.3, -0.25) is 4.79 Å². The topological polar surface area (TPSA) is 118 Å². The van der Waals surface area contributed by atoms with Crippen LogP contribution in [0.4, 0.5) is 11.5 Å². The number of carboxylic acid groups (broad SMARTS) is 1. The Labute approximate surface area is 236 Å². The number of aliphatic carboxylic acids is 1. The molecule has 1 aromatic heterocycles. The van der Waals surface area contributed by atoms with Gasteiger partial charge in [0.25, 0.3) is 5.91 Å². The van der Waals surface area contributed by atoms with E-state index < -0.39 is 17.9 Å². The standard InChI is InChI=1S/C32H37N5O3/c1-4-26-17-25(19-33)16-22(3)30(26)31(38)36-28(32(39)40)18-23-5-7-27(8-6-23)37-13-10-24(11-14-37)20-35-29-15-21(2)9-12-34-29/h5-9,12,15-17,24,28H,4,10-11,13-14,18,20H2,1-3H3,(H,34,35)(H,36,38)(H,39,40). The van der Waals surface area contributed by atoms with Crippen LogP contribution in [0.5, 0.6) is 0 Å². The molecule has 3 N–H and O–H groups in total. The quantitative estimate of drug-likeness (QED) is 0.336. The zero-order valence-corrected chi connectivity index (χ0v) is 23.4. The Morgan fingerprint density at radius 3 is 2.48 bits per heavy atom. The second-order valence-corrected chi connectivity index (χ2v) is 10.6. The van der Waals surface area contributed by atoms with Crippen LogP contribution in [-0.4, -0.2) is 47.6 Å². The third-order valence-electron chi connectivity index (χ3n) is 7.60. The van der Waals surface area contributed by atoms with Gasteiger partial charge in [0, 0.05) is 43.5 Å². The van der Waals surface area contributed by atoms with Gasteiger partial charge in [0.05, 0.1) is 11.6 Å². The first-order valence-corrected chi connectivity index (χ1v) is 13.8. The van der Waals surface area contributed by atoms with Crippen molar-refractivity contribution in [1.29, 1.82) is 5.26 Å². The smallest absolute Gasteiger partial charge is 0.326 e. The van der Waals surface area contributed by atoms with Crippen LogP contribution in [0.25, 0.3) is 0 Å². The van der Waals surface area contributed by atoms with Gasteiger partial charge in [-0.1, -0.05) is 19.1 Å². The molecule has 8 nitrogen and oxygen atoms in total. The Balaban J connectivity index is 1.33. The van der Waals surface area contributed by atoms with Crippen LogP contribution in [0.15, 0.2) is 54.7 Å². The number of carbonyl (C=O) groups excluding carboxylic acids is 1. The first-order valence-electron chi connectivity index (χ1n) is 13.8. The molecule has 2 heterocycles. The predicted octanol–water partition coefficient (Wildman–Crippen LogP) is 4.89. The number of nitrogens with zero attached hydrogens (tertiary/aromatic N) is 3. The third-order valence-corrected chi connectivity index (χ3v) is 7.60. The Hall–Kier alpha value is -4.38. The number of nitrogens with one attached hydrogen (secondary N) is 2. The number of hydrogen-bond donors (Lipinski definition) is 3. The van der Waals surface area contributed by atoms with Gasteiger partial charge in [-0.25, -0.2) is 9.78 Å². The summed E-state index contributed by atoms with van der Waals surface area (Å²) in [5.74, 6) is -0.00540. The molecule has 0 radical (unpaired) electrons. The summed E-state index contributed by atoms with van der Waals surface area (Å²) < 4.78 is 0. The van der Waals surface area contributed by atoms with Gasteiger partial charge in [-0.15, -0.1) is 0 Å². The zero-order valence-electron chi connectivity index (χ0n) is 23.4. The van der Waals surface area contributed by atoms with E-state index in [2.05, 4.69) is 39.6 Å². The largest absolute Gasteiger partial charge is 0.480 e. The second kappa shape index (κ2) is 13.1. The maximum atomic E-state index is 13.1. The van der Waals surface area contributed by atoms with E-state index in [1.54, 1.807) is 19.1 Å². The molecule has 8 heteroatoms. The minimum Gasteiger partial charge on any atom is -0.480 e. The highest BCUT2D eigenvalue weighted by atomic mass is 16.4. The number of aromatic nitrogens is 1. The minimum absolute atomic E-state index is 0.179. The lowest BCUT2D eigenvalue weighted by Gasteiger charge is -2.34. The maximum Gasteiger partial charge on any atom is 0.326 e. The summed E-state index contributed by atoms with van der Waals surface area (Å²) in [6, 6.07) is 16.4. The SMILES string of the molecule is CCc1cc(C#N)cc(C)c1C(=O)NC(Cc1ccc(N2CCC(CNc3cc(C)ccn3)CC2)cc1)C(=O)O. The number of piperidine rings is 1. The number of hydrogen-bond acceptors (Lipinski definition) is 6. The molecule has 0 aliphatic carbocycles. The Bertz CT molecular complexity index is 1390. The highest BCUT2D eigenvalue weighted by Crippen LogP contribution is 2.25. The van der Waals surface area contributed by atoms with Crippen LogP contribution < -0.4 is 15.5 Å². The fraction of sp³-hybridized carbons (Fsp3) is 0.375. The summed E-state index contributed by atoms with van der Waals surface area (Å²) in [6.45, 7) is 8.58. The molecule has 4 rings (SSSR count). The van der Waals surface area contributed by atoms with Gasteiger partial charge in [-0.05, 0) is 97.7 Å². The molecular formula is C32H37N5O3. The molecule has 208 valence electrons. The fourth-order valence-electron chi connectivity index (χ4n) is 5.31. The minimum atomic E-state index is -1.08. The fourth-order valence-corrected chi connectivity index (χ4v) is 5.31. The summed E-state index contributed by atoms with van der Waals surface area (Å²) in [4.78, 5) is 31.9. The Morgan fingerprint density at radius 2 is 1.85 bits per heavy atom. The van der Waals surface area contributed by atoms with Crippen LogP contribution in [0.1, 0.15) is 57.9 Å². The molecule has 1 fully saturated rings. The van der Waals surface area contributed by atoms with E-state index in [1.807, 2.05) is 43.5 Å². The molecule has 3 aromatic rings. The summed E-state index contributed by atoms with van der Waals surface area (Å²) in [6.07, 6.45) is 4.74. The number of aryl methyl sites for hydroxylation is 3. The average molecular weight is 540 g/mol. The predicted molar refractivity (Wildman–Crippen MR) is 157 cm³/mol. The monoisotopic (exact) mass is 539 g/mol. The average Bonchev–Trinajstić information content (AvgIpc) is 2.95. The van der Waals surface area contributed by atoms with E-state index >= 15 is 0 Å². The number of carboxylic acids is 1. The van der Waals surface area contributed by atoms with E-state index in [1.165, 1.54) is 5.56 Å². The normalized spacial score (nSPS) is 14.3. The van der Waals surface area contributed by atoms with Crippen molar-refractivity contribution in [1.82, 2.24) is 10.3 Å². The van der Waals surface area contributed by atoms with E-state index in [9.17, 15) is 20.0 Å². The molecule has 1 amide bonds. The molecule has 0 saturated carbocycles. The number of carbonyl (C=O) groups is 2. The Kier molecular flexibility index (Phi) is 9.39. The number of rotatable bonds is 10. The third kappa shape index (κ3) is 7.17. The molecule has 1 saturated heterocycles. The summed E-state index contributed by atoms with van der Waals surface area (Å²) in [5, 5.41) is 25.3. The lowest BCUT2D eigenvalue weighted by Crippen LogP contribution is -2.42. The van der Waals surface area contributed by atoms with Crippen molar-refractivity contribution in [2.24, 2.45) is 5.92 Å². The van der Waals surface area contributed by atoms with Crippen LogP contribution >= 0.6 is 0 Å². The molecule has 1 aliphatic rings. The number of anilines is 2. The van der Waals surface area contributed by atoms with Gasteiger partial charge >= 0.3 is 5.97 Å². The highest BCUT2D eigenvalue weighted by Gasteiger charge is 2.24. The molecule has 1 unspecified atom stereocenters. The van der Waals surface area contributed by atoms with Gasteiger partial charge in [0.2, 0.25) is 0 Å². The van der Waals surface area contributed by atoms with Crippen molar-refractivity contribution in [3.8, 4) is 6.07 Å². The molecule has 1 aliphatic heterocycles. The molecule has 0 spiro atoms. The van der Waals surface area contributed by atoms with Gasteiger partial charge in [0.1, 0.15) is 11.9 Å². The molecule has 40 heavy (non-hydrogen) atoms. The Morgan fingerprint density at radius 1 is 1.12 bits per heavy atom. The van der Waals surface area contributed by atoms with Crippen molar-refractivity contribution in [2.75, 3.05) is 29.9 Å². The van der Waals surface area contributed by atoms with Crippen molar-refractivity contribution in [2.45, 2.75) is 52.5 Å². The van der Waals surface area contributed by atoms with Crippen LogP contribution in [0.2, 0.25) is 0 Å². The second-order valence-electron chi connectivity index (χ2n) is 10.6. The van der Waals surface area contributed by atoms with E-state index in [0.717, 1.165) is 55.1 Å². The molecule has 2 aromatic carbocycles. The summed E-state index contributed by atoms with van der Waals surface area (Å²) >= 11 is 0. The number of nitriles is 1. The number of benzene rings is 2. The number of amides is 1. The van der Waals surface area contributed by atoms with Crippen LogP contribution in [-0.2, 0) is 17.6 Å². The first kappa shape index (κ1) is 28.6. The van der Waals surface area contributed by atoms with Crippen molar-refractivity contribution >= 4 is 23.4 Å². The van der Waals surface area contributed by atoms with Crippen LogP contribution in [0.3, 0.4) is 0 Å². The lowest BCUT2D eigenvalue weighted by atomic mass is 9.95. The van der Waals surface area contributed by atoms with E-state index in [4.69, 9.17) is 0 Å². The van der Waals surface area contributed by atoms with Crippen molar-refractivity contribution in [3.05, 3.63) is 88.1 Å². The van der Waals surface area contributed by atoms with Gasteiger partial charge in [0.15, 0.2) is 0 Å². The van der Waals surface area contributed by atoms with Crippen molar-refractivity contribution in [3.63, 3.8) is 0 Å².